The minimum absolute atomic E-state index is 0.248. The molecule has 0 N–H and O–H groups in total. The zero-order chi connectivity index (χ0) is 23.0. The van der Waals surface area contributed by atoms with Crippen LogP contribution >= 0.6 is 0 Å². The second-order valence-corrected chi connectivity index (χ2v) is 8.84. The second kappa shape index (κ2) is 11.0. The predicted octanol–water partition coefficient (Wildman–Crippen LogP) is 8.87. The van der Waals surface area contributed by atoms with Crippen LogP contribution in [0.2, 0.25) is 0 Å². The van der Waals surface area contributed by atoms with Crippen LogP contribution in [-0.2, 0) is 6.42 Å². The summed E-state index contributed by atoms with van der Waals surface area (Å²) in [6, 6.07) is 26.5. The van der Waals surface area contributed by atoms with Gasteiger partial charge in [-0.15, -0.1) is 0 Å². The Balaban J connectivity index is 1.42. The molecule has 0 amide bonds. The highest BCUT2D eigenvalue weighted by atomic mass is 19.1. The number of halogens is 1. The molecule has 0 bridgehead atoms. The van der Waals surface area contributed by atoms with Crippen molar-refractivity contribution < 1.29 is 4.39 Å². The van der Waals surface area contributed by atoms with Crippen molar-refractivity contribution in [3.05, 3.63) is 107 Å². The molecule has 166 valence electrons. The topological polar surface area (TPSA) is 0 Å². The van der Waals surface area contributed by atoms with Crippen LogP contribution < -0.4 is 0 Å². The van der Waals surface area contributed by atoms with Crippen molar-refractivity contribution in [2.24, 2.45) is 0 Å². The maximum Gasteiger partial charge on any atom is 0.146 e. The average molecular weight is 435 g/mol. The van der Waals surface area contributed by atoms with Crippen LogP contribution in [0, 0.1) is 24.6 Å². The molecule has 4 aromatic carbocycles. The van der Waals surface area contributed by atoms with Crippen molar-refractivity contribution in [3.63, 3.8) is 0 Å². The van der Waals surface area contributed by atoms with Gasteiger partial charge in [0.25, 0.3) is 0 Å². The van der Waals surface area contributed by atoms with Gasteiger partial charge in [0.05, 0.1) is 5.56 Å². The summed E-state index contributed by atoms with van der Waals surface area (Å²) < 4.78 is 14.9. The molecule has 0 unspecified atom stereocenters. The van der Waals surface area contributed by atoms with Crippen LogP contribution in [-0.4, -0.2) is 0 Å². The Hall–Kier alpha value is -3.37. The standard InChI is InChI=1S/C32H31F/c1-3-4-5-6-7-8-25-10-15-27(16-11-25)28-17-12-26(13-18-28)14-19-29-20-21-30-23-24(2)9-22-31(30)32(29)33/h9-13,15-18,20-23H,3-8H2,1-2H3. The number of hydrogen-bond acceptors (Lipinski definition) is 0. The Labute approximate surface area is 197 Å². The van der Waals surface area contributed by atoms with Crippen LogP contribution in [0.3, 0.4) is 0 Å². The molecule has 4 aromatic rings. The van der Waals surface area contributed by atoms with Gasteiger partial charge in [-0.1, -0.05) is 111 Å². The van der Waals surface area contributed by atoms with E-state index in [0.717, 1.165) is 22.9 Å². The highest BCUT2D eigenvalue weighted by Gasteiger charge is 2.05. The monoisotopic (exact) mass is 434 g/mol. The first kappa shape index (κ1) is 22.8. The van der Waals surface area contributed by atoms with Crippen molar-refractivity contribution >= 4 is 10.8 Å². The molecule has 0 aliphatic carbocycles. The molecule has 0 atom stereocenters. The molecular weight excluding hydrogens is 403 g/mol. The molecule has 0 fully saturated rings. The second-order valence-electron chi connectivity index (χ2n) is 8.84. The Morgan fingerprint density at radius 3 is 2.12 bits per heavy atom. The van der Waals surface area contributed by atoms with E-state index < -0.39 is 0 Å². The normalized spacial score (nSPS) is 10.8. The number of benzene rings is 4. The number of rotatable bonds is 7. The number of fused-ring (bicyclic) bond motifs is 1. The highest BCUT2D eigenvalue weighted by Crippen LogP contribution is 2.23. The fraction of sp³-hybridized carbons (Fsp3) is 0.250. The van der Waals surface area contributed by atoms with E-state index in [1.165, 1.54) is 48.8 Å². The van der Waals surface area contributed by atoms with Gasteiger partial charge in [0.15, 0.2) is 0 Å². The van der Waals surface area contributed by atoms with Crippen molar-refractivity contribution in [2.45, 2.75) is 52.4 Å². The Bertz CT molecular complexity index is 1270. The molecule has 0 heterocycles. The zero-order valence-corrected chi connectivity index (χ0v) is 19.6. The van der Waals surface area contributed by atoms with Crippen molar-refractivity contribution in [2.75, 3.05) is 0 Å². The lowest BCUT2D eigenvalue weighted by atomic mass is 10.00. The van der Waals surface area contributed by atoms with Gasteiger partial charge in [0.2, 0.25) is 0 Å². The van der Waals surface area contributed by atoms with E-state index in [0.29, 0.717) is 10.9 Å². The minimum atomic E-state index is -0.248. The molecule has 0 aromatic heterocycles. The molecule has 0 radical (unpaired) electrons. The number of hydrogen-bond donors (Lipinski definition) is 0. The molecule has 0 saturated heterocycles. The largest absolute Gasteiger partial charge is 0.205 e. The van der Waals surface area contributed by atoms with Crippen LogP contribution in [0.1, 0.15) is 61.3 Å². The zero-order valence-electron chi connectivity index (χ0n) is 19.6. The fourth-order valence-corrected chi connectivity index (χ4v) is 4.19. The van der Waals surface area contributed by atoms with Gasteiger partial charge < -0.3 is 0 Å². The van der Waals surface area contributed by atoms with E-state index in [4.69, 9.17) is 0 Å². The summed E-state index contributed by atoms with van der Waals surface area (Å²) in [4.78, 5) is 0. The van der Waals surface area contributed by atoms with Crippen LogP contribution in [0.4, 0.5) is 4.39 Å². The Kier molecular flexibility index (Phi) is 7.59. The van der Waals surface area contributed by atoms with Gasteiger partial charge in [-0.25, -0.2) is 4.39 Å². The summed E-state index contributed by atoms with van der Waals surface area (Å²) in [6.07, 6.45) is 7.72. The van der Waals surface area contributed by atoms with Crippen LogP contribution in [0.15, 0.2) is 78.9 Å². The van der Waals surface area contributed by atoms with Crippen LogP contribution in [0.5, 0.6) is 0 Å². The Morgan fingerprint density at radius 2 is 1.39 bits per heavy atom. The molecule has 0 aliphatic heterocycles. The summed E-state index contributed by atoms with van der Waals surface area (Å²) in [7, 11) is 0. The maximum atomic E-state index is 14.9. The summed E-state index contributed by atoms with van der Waals surface area (Å²) in [5, 5.41) is 1.53. The molecule has 4 rings (SSSR count). The molecule has 0 nitrogen and oxygen atoms in total. The predicted molar refractivity (Wildman–Crippen MR) is 139 cm³/mol. The summed E-state index contributed by atoms with van der Waals surface area (Å²) in [6.45, 7) is 4.27. The van der Waals surface area contributed by atoms with Crippen molar-refractivity contribution in [3.8, 4) is 23.0 Å². The average Bonchev–Trinajstić information content (AvgIpc) is 2.84. The van der Waals surface area contributed by atoms with E-state index in [9.17, 15) is 4.39 Å². The van der Waals surface area contributed by atoms with E-state index >= 15 is 0 Å². The van der Waals surface area contributed by atoms with Crippen LogP contribution in [0.25, 0.3) is 21.9 Å². The molecule has 0 saturated carbocycles. The van der Waals surface area contributed by atoms with E-state index in [1.54, 1.807) is 6.07 Å². The SMILES string of the molecule is CCCCCCCc1ccc(-c2ccc(C#Cc3ccc4cc(C)ccc4c3F)cc2)cc1. The van der Waals surface area contributed by atoms with Gasteiger partial charge in [-0.05, 0) is 60.0 Å². The Morgan fingerprint density at radius 1 is 0.697 bits per heavy atom. The molecule has 0 aliphatic rings. The third-order valence-corrected chi connectivity index (χ3v) is 6.19. The summed E-state index contributed by atoms with van der Waals surface area (Å²) in [5.41, 5.74) is 6.22. The number of aryl methyl sites for hydroxylation is 2. The maximum absolute atomic E-state index is 14.9. The summed E-state index contributed by atoms with van der Waals surface area (Å²) >= 11 is 0. The lowest BCUT2D eigenvalue weighted by Gasteiger charge is -2.05. The third-order valence-electron chi connectivity index (χ3n) is 6.19. The van der Waals surface area contributed by atoms with E-state index in [1.807, 2.05) is 43.3 Å². The van der Waals surface area contributed by atoms with E-state index in [-0.39, 0.29) is 5.82 Å². The quantitative estimate of drug-likeness (QED) is 0.201. The first-order valence-corrected chi connectivity index (χ1v) is 12.0. The van der Waals surface area contributed by atoms with Gasteiger partial charge in [-0.2, -0.15) is 0 Å². The third kappa shape index (κ3) is 5.91. The van der Waals surface area contributed by atoms with Gasteiger partial charge >= 0.3 is 0 Å². The molecule has 0 spiro atoms. The van der Waals surface area contributed by atoms with Crippen molar-refractivity contribution in [1.29, 1.82) is 0 Å². The minimum Gasteiger partial charge on any atom is -0.205 e. The lowest BCUT2D eigenvalue weighted by Crippen LogP contribution is -1.88. The fourth-order valence-electron chi connectivity index (χ4n) is 4.19. The molecule has 1 heteroatoms. The first-order chi connectivity index (χ1) is 16.1. The smallest absolute Gasteiger partial charge is 0.146 e. The molecular formula is C32H31F. The molecule has 33 heavy (non-hydrogen) atoms. The van der Waals surface area contributed by atoms with Gasteiger partial charge in [-0.3, -0.25) is 0 Å². The number of unbranched alkanes of at least 4 members (excludes halogenated alkanes) is 4. The van der Waals surface area contributed by atoms with Gasteiger partial charge in [0, 0.05) is 10.9 Å². The lowest BCUT2D eigenvalue weighted by molar-refractivity contribution is 0.632. The van der Waals surface area contributed by atoms with Gasteiger partial charge in [0.1, 0.15) is 5.82 Å². The first-order valence-electron chi connectivity index (χ1n) is 12.0. The highest BCUT2D eigenvalue weighted by molar-refractivity contribution is 5.85. The summed E-state index contributed by atoms with van der Waals surface area (Å²) in [5.74, 6) is 5.88. The van der Waals surface area contributed by atoms with Crippen molar-refractivity contribution in [1.82, 2.24) is 0 Å². The van der Waals surface area contributed by atoms with E-state index in [2.05, 4.69) is 55.2 Å².